The Balaban J connectivity index is 1.52. The number of aryl methyl sites for hydroxylation is 1. The number of amides is 1. The van der Waals surface area contributed by atoms with Gasteiger partial charge in [0.1, 0.15) is 11.8 Å². The lowest BCUT2D eigenvalue weighted by molar-refractivity contribution is -0.113. The van der Waals surface area contributed by atoms with Gasteiger partial charge in [-0.2, -0.15) is 5.26 Å². The van der Waals surface area contributed by atoms with E-state index in [1.54, 1.807) is 24.3 Å². The normalized spacial score (nSPS) is 10.4. The molecule has 0 aliphatic heterocycles. The Morgan fingerprint density at radius 3 is 2.76 bits per heavy atom. The number of hydrogen-bond acceptors (Lipinski definition) is 7. The molecule has 3 rings (SSSR count). The van der Waals surface area contributed by atoms with Gasteiger partial charge in [0.15, 0.2) is 6.61 Å². The first-order valence-electron chi connectivity index (χ1n) is 8.28. The van der Waals surface area contributed by atoms with Crippen molar-refractivity contribution in [2.45, 2.75) is 18.8 Å². The van der Waals surface area contributed by atoms with Crippen molar-refractivity contribution in [2.24, 2.45) is 0 Å². The van der Waals surface area contributed by atoms with E-state index >= 15 is 0 Å². The molecular weight excluding hydrogens is 435 g/mol. The number of benzene rings is 2. The lowest BCUT2D eigenvalue weighted by Crippen LogP contribution is -2.15. The van der Waals surface area contributed by atoms with Crippen LogP contribution in [0.25, 0.3) is 0 Å². The van der Waals surface area contributed by atoms with E-state index in [1.165, 1.54) is 12.1 Å². The minimum Gasteiger partial charge on any atom is -0.484 e. The molecule has 0 aliphatic rings. The van der Waals surface area contributed by atoms with E-state index in [1.807, 2.05) is 13.0 Å². The summed E-state index contributed by atoms with van der Waals surface area (Å²) < 4.78 is 11.1. The minimum absolute atomic E-state index is 0.0240. The number of nitrogens with zero attached hydrogens (tertiary/aromatic N) is 3. The molecule has 0 aliphatic carbocycles. The molecule has 29 heavy (non-hydrogen) atoms. The van der Waals surface area contributed by atoms with Crippen molar-refractivity contribution < 1.29 is 13.9 Å². The predicted octanol–water partition coefficient (Wildman–Crippen LogP) is 4.87. The topological polar surface area (TPSA) is 101 Å². The van der Waals surface area contributed by atoms with Crippen molar-refractivity contribution in [2.75, 3.05) is 11.1 Å². The van der Waals surface area contributed by atoms with Crippen LogP contribution in [0.5, 0.6) is 5.75 Å². The third-order valence-corrected chi connectivity index (χ3v) is 4.93. The first-order chi connectivity index (χ1) is 13.9. The molecule has 1 N–H and O–H groups in total. The molecule has 1 heterocycles. The summed E-state index contributed by atoms with van der Waals surface area (Å²) in [6, 6.07) is 11.9. The molecule has 0 atom stereocenters. The third kappa shape index (κ3) is 5.87. The number of carbonyl (C=O) groups excluding carboxylic acids is 1. The van der Waals surface area contributed by atoms with E-state index in [2.05, 4.69) is 15.5 Å². The van der Waals surface area contributed by atoms with Crippen LogP contribution in [0.15, 0.2) is 46.0 Å². The molecule has 0 saturated carbocycles. The summed E-state index contributed by atoms with van der Waals surface area (Å²) in [6.45, 7) is 1.98. The highest BCUT2D eigenvalue weighted by Gasteiger charge is 2.12. The number of anilines is 1. The molecule has 2 aromatic carbocycles. The van der Waals surface area contributed by atoms with Crippen LogP contribution in [0.2, 0.25) is 10.0 Å². The van der Waals surface area contributed by atoms with E-state index in [0.29, 0.717) is 27.0 Å². The highest BCUT2D eigenvalue weighted by Crippen LogP contribution is 2.24. The van der Waals surface area contributed by atoms with Gasteiger partial charge < -0.3 is 14.5 Å². The Bertz CT molecular complexity index is 1080. The smallest absolute Gasteiger partial charge is 0.277 e. The van der Waals surface area contributed by atoms with Gasteiger partial charge in [0, 0.05) is 10.0 Å². The maximum Gasteiger partial charge on any atom is 0.277 e. The van der Waals surface area contributed by atoms with Crippen LogP contribution < -0.4 is 10.1 Å². The molecule has 7 nitrogen and oxygen atoms in total. The standard InChI is InChI=1S/C19H14Cl2N4O3S/c1-11-6-13(20)4-5-16(11)27-9-18-24-25-19(28-18)29-10-17(26)23-15-7-14(21)3-2-12(15)8-22/h2-7H,9-10H2,1H3,(H,23,26). The predicted molar refractivity (Wildman–Crippen MR) is 110 cm³/mol. The first kappa shape index (κ1) is 21.0. The first-order valence-corrected chi connectivity index (χ1v) is 10.0. The molecule has 1 aromatic heterocycles. The molecule has 0 spiro atoms. The molecular formula is C19H14Cl2N4O3S. The van der Waals surface area contributed by atoms with Crippen LogP contribution >= 0.6 is 35.0 Å². The van der Waals surface area contributed by atoms with E-state index in [9.17, 15) is 4.79 Å². The summed E-state index contributed by atoms with van der Waals surface area (Å²) >= 11 is 12.9. The number of rotatable bonds is 7. The van der Waals surface area contributed by atoms with E-state index < -0.39 is 0 Å². The maximum atomic E-state index is 12.1. The zero-order chi connectivity index (χ0) is 20.8. The fourth-order valence-corrected chi connectivity index (χ4v) is 3.28. The number of nitriles is 1. The van der Waals surface area contributed by atoms with Crippen LogP contribution in [0.3, 0.4) is 0 Å². The quantitative estimate of drug-likeness (QED) is 0.514. The van der Waals surface area contributed by atoms with Crippen molar-refractivity contribution in [3.05, 3.63) is 63.5 Å². The number of carbonyl (C=O) groups is 1. The Kier molecular flexibility index (Phi) is 6.99. The number of aromatic nitrogens is 2. The third-order valence-electron chi connectivity index (χ3n) is 3.64. The van der Waals surface area contributed by atoms with Crippen LogP contribution in [0.4, 0.5) is 5.69 Å². The Hall–Kier alpha value is -2.73. The summed E-state index contributed by atoms with van der Waals surface area (Å²) in [4.78, 5) is 12.1. The van der Waals surface area contributed by atoms with Gasteiger partial charge >= 0.3 is 0 Å². The van der Waals surface area contributed by atoms with E-state index in [4.69, 9.17) is 37.6 Å². The zero-order valence-electron chi connectivity index (χ0n) is 15.1. The molecule has 3 aromatic rings. The average Bonchev–Trinajstić information content (AvgIpc) is 3.14. The van der Waals surface area contributed by atoms with Crippen LogP contribution in [0, 0.1) is 18.3 Å². The monoisotopic (exact) mass is 448 g/mol. The summed E-state index contributed by atoms with van der Waals surface area (Å²) in [5, 5.41) is 20.8. The lowest BCUT2D eigenvalue weighted by atomic mass is 10.2. The Labute approximate surface area is 181 Å². The molecule has 10 heteroatoms. The molecule has 0 unspecified atom stereocenters. The van der Waals surface area contributed by atoms with Crippen molar-refractivity contribution in [1.82, 2.24) is 10.2 Å². The van der Waals surface area contributed by atoms with Gasteiger partial charge in [-0.1, -0.05) is 35.0 Å². The second-order valence-corrected chi connectivity index (χ2v) is 7.60. The van der Waals surface area contributed by atoms with E-state index in [-0.39, 0.29) is 29.4 Å². The average molecular weight is 449 g/mol. The summed E-state index contributed by atoms with van der Waals surface area (Å²) in [7, 11) is 0. The van der Waals surface area contributed by atoms with Crippen LogP contribution in [-0.2, 0) is 11.4 Å². The molecule has 148 valence electrons. The van der Waals surface area contributed by atoms with Crippen molar-refractivity contribution >= 4 is 46.6 Å². The van der Waals surface area contributed by atoms with Crippen molar-refractivity contribution in [1.29, 1.82) is 5.26 Å². The zero-order valence-corrected chi connectivity index (χ0v) is 17.4. The highest BCUT2D eigenvalue weighted by molar-refractivity contribution is 7.99. The molecule has 0 bridgehead atoms. The molecule has 1 amide bonds. The Morgan fingerprint density at radius 2 is 2.00 bits per heavy atom. The number of hydrogen-bond donors (Lipinski definition) is 1. The molecule has 0 radical (unpaired) electrons. The van der Waals surface area contributed by atoms with Gasteiger partial charge in [-0.3, -0.25) is 4.79 Å². The summed E-state index contributed by atoms with van der Waals surface area (Å²) in [6.07, 6.45) is 0. The maximum absolute atomic E-state index is 12.1. The van der Waals surface area contributed by atoms with Gasteiger partial charge in [-0.05, 0) is 48.9 Å². The van der Waals surface area contributed by atoms with Gasteiger partial charge in [0.25, 0.3) is 11.1 Å². The number of ether oxygens (including phenoxy) is 1. The van der Waals surface area contributed by atoms with Crippen LogP contribution in [0.1, 0.15) is 17.0 Å². The van der Waals surface area contributed by atoms with Crippen molar-refractivity contribution in [3.8, 4) is 11.8 Å². The summed E-state index contributed by atoms with van der Waals surface area (Å²) in [5.74, 6) is 0.636. The fourth-order valence-electron chi connectivity index (χ4n) is 2.30. The van der Waals surface area contributed by atoms with E-state index in [0.717, 1.165) is 17.3 Å². The number of thioether (sulfide) groups is 1. The lowest BCUT2D eigenvalue weighted by Gasteiger charge is -2.07. The minimum atomic E-state index is -0.332. The molecule has 0 fully saturated rings. The summed E-state index contributed by atoms with van der Waals surface area (Å²) in [5.41, 5.74) is 1.56. The largest absolute Gasteiger partial charge is 0.484 e. The second kappa shape index (κ2) is 9.65. The highest BCUT2D eigenvalue weighted by atomic mass is 35.5. The van der Waals surface area contributed by atoms with Gasteiger partial charge in [0.2, 0.25) is 5.91 Å². The van der Waals surface area contributed by atoms with Gasteiger partial charge in [0.05, 0.1) is 17.0 Å². The SMILES string of the molecule is Cc1cc(Cl)ccc1OCc1nnc(SCC(=O)Nc2cc(Cl)ccc2C#N)o1. The number of nitrogens with one attached hydrogen (secondary N) is 1. The van der Waals surface area contributed by atoms with Gasteiger partial charge in [-0.15, -0.1) is 10.2 Å². The second-order valence-electron chi connectivity index (χ2n) is 5.80. The molecule has 0 saturated heterocycles. The van der Waals surface area contributed by atoms with Crippen molar-refractivity contribution in [3.63, 3.8) is 0 Å². The fraction of sp³-hybridized carbons (Fsp3) is 0.158. The Morgan fingerprint density at radius 1 is 1.24 bits per heavy atom. The number of halogens is 2. The van der Waals surface area contributed by atoms with Gasteiger partial charge in [-0.25, -0.2) is 0 Å². The van der Waals surface area contributed by atoms with Crippen LogP contribution in [-0.4, -0.2) is 21.9 Å².